The van der Waals surface area contributed by atoms with Gasteiger partial charge in [-0.05, 0) is 31.2 Å². The third-order valence-corrected chi connectivity index (χ3v) is 4.37. The summed E-state index contributed by atoms with van der Waals surface area (Å²) >= 11 is 4.98. The van der Waals surface area contributed by atoms with Gasteiger partial charge in [-0.1, -0.05) is 25.1 Å². The van der Waals surface area contributed by atoms with E-state index in [4.69, 9.17) is 18.0 Å². The van der Waals surface area contributed by atoms with Crippen LogP contribution in [0, 0.1) is 5.92 Å². The minimum atomic E-state index is 0.345. The van der Waals surface area contributed by atoms with Crippen LogP contribution in [-0.4, -0.2) is 27.5 Å². The number of hydrogen-bond acceptors (Lipinski definition) is 4. The highest BCUT2D eigenvalue weighted by atomic mass is 32.1. The summed E-state index contributed by atoms with van der Waals surface area (Å²) in [7, 11) is 0. The zero-order valence-corrected chi connectivity index (χ0v) is 11.2. The number of hydrogen-bond donors (Lipinski definition) is 1. The topological polar surface area (TPSA) is 55.0 Å². The van der Waals surface area contributed by atoms with Gasteiger partial charge in [0.1, 0.15) is 10.7 Å². The first-order valence-corrected chi connectivity index (χ1v) is 7.06. The lowest BCUT2D eigenvalue weighted by molar-refractivity contribution is 0.341. The van der Waals surface area contributed by atoms with Crippen LogP contribution in [0.4, 0.5) is 5.95 Å². The Morgan fingerprint density at radius 1 is 1.33 bits per heavy atom. The Labute approximate surface area is 113 Å². The predicted octanol–water partition coefficient (Wildman–Crippen LogP) is 1.88. The summed E-state index contributed by atoms with van der Waals surface area (Å²) < 4.78 is 0. The van der Waals surface area contributed by atoms with Crippen LogP contribution in [0.25, 0.3) is 0 Å². The monoisotopic (exact) mass is 262 g/mol. The molecule has 18 heavy (non-hydrogen) atoms. The number of thiocarbonyl (C=S) groups is 1. The first-order valence-electron chi connectivity index (χ1n) is 6.65. The van der Waals surface area contributed by atoms with Gasteiger partial charge in [0, 0.05) is 18.8 Å². The third kappa shape index (κ3) is 2.07. The maximum Gasteiger partial charge on any atom is 0.226 e. The molecule has 2 N–H and O–H groups in total. The minimum Gasteiger partial charge on any atom is -0.388 e. The highest BCUT2D eigenvalue weighted by Crippen LogP contribution is 2.37. The number of nitrogens with two attached hydrogens (primary N) is 1. The van der Waals surface area contributed by atoms with E-state index in [0.29, 0.717) is 16.7 Å². The van der Waals surface area contributed by atoms with Crippen molar-refractivity contribution in [3.8, 4) is 0 Å². The Morgan fingerprint density at radius 3 is 3.00 bits per heavy atom. The fourth-order valence-electron chi connectivity index (χ4n) is 3.28. The SMILES string of the molecule is NC(=S)c1ccnc(N2CCC3CCCCC32)n1. The second-order valence-electron chi connectivity index (χ2n) is 5.20. The molecule has 0 spiro atoms. The van der Waals surface area contributed by atoms with Crippen LogP contribution in [0.2, 0.25) is 0 Å². The van der Waals surface area contributed by atoms with Crippen molar-refractivity contribution in [2.24, 2.45) is 11.7 Å². The molecule has 0 bridgehead atoms. The lowest BCUT2D eigenvalue weighted by atomic mass is 9.85. The first-order chi connectivity index (χ1) is 8.75. The molecule has 0 amide bonds. The number of aromatic nitrogens is 2. The number of rotatable bonds is 2. The number of anilines is 1. The van der Waals surface area contributed by atoms with Crippen LogP contribution < -0.4 is 10.6 Å². The van der Waals surface area contributed by atoms with Crippen LogP contribution in [0.3, 0.4) is 0 Å². The van der Waals surface area contributed by atoms with Gasteiger partial charge in [-0.2, -0.15) is 0 Å². The summed E-state index contributed by atoms with van der Waals surface area (Å²) in [5.74, 6) is 1.63. The van der Waals surface area contributed by atoms with E-state index < -0.39 is 0 Å². The largest absolute Gasteiger partial charge is 0.388 e. The zero-order chi connectivity index (χ0) is 12.5. The highest BCUT2D eigenvalue weighted by molar-refractivity contribution is 7.80. The molecule has 1 aliphatic carbocycles. The molecule has 0 radical (unpaired) electrons. The number of nitrogens with zero attached hydrogens (tertiary/aromatic N) is 3. The Morgan fingerprint density at radius 2 is 2.17 bits per heavy atom. The lowest BCUT2D eigenvalue weighted by Gasteiger charge is -2.31. The van der Waals surface area contributed by atoms with Gasteiger partial charge in [0.15, 0.2) is 0 Å². The molecule has 4 nitrogen and oxygen atoms in total. The molecule has 5 heteroatoms. The Balaban J connectivity index is 1.86. The summed E-state index contributed by atoms with van der Waals surface area (Å²) in [6.45, 7) is 1.07. The van der Waals surface area contributed by atoms with Gasteiger partial charge in [-0.25, -0.2) is 9.97 Å². The van der Waals surface area contributed by atoms with E-state index in [1.165, 1.54) is 32.1 Å². The van der Waals surface area contributed by atoms with E-state index in [-0.39, 0.29) is 0 Å². The van der Waals surface area contributed by atoms with E-state index in [2.05, 4.69) is 14.9 Å². The van der Waals surface area contributed by atoms with Crippen LogP contribution in [0.15, 0.2) is 12.3 Å². The molecule has 2 atom stereocenters. The van der Waals surface area contributed by atoms with E-state index in [1.807, 2.05) is 0 Å². The van der Waals surface area contributed by atoms with Crippen LogP contribution >= 0.6 is 12.2 Å². The normalized spacial score (nSPS) is 27.0. The summed E-state index contributed by atoms with van der Waals surface area (Å²) in [5, 5.41) is 0. The summed E-state index contributed by atoms with van der Waals surface area (Å²) in [6, 6.07) is 2.40. The molecule has 0 aromatic carbocycles. The Hall–Kier alpha value is -1.23. The second-order valence-corrected chi connectivity index (χ2v) is 5.64. The molecule has 1 aromatic heterocycles. The van der Waals surface area contributed by atoms with E-state index >= 15 is 0 Å². The fourth-order valence-corrected chi connectivity index (χ4v) is 3.39. The molecule has 2 unspecified atom stereocenters. The maximum absolute atomic E-state index is 5.64. The second kappa shape index (κ2) is 4.80. The molecular formula is C13H18N4S. The Kier molecular flexibility index (Phi) is 3.16. The number of fused-ring (bicyclic) bond motifs is 1. The van der Waals surface area contributed by atoms with Gasteiger partial charge >= 0.3 is 0 Å². The maximum atomic E-state index is 5.64. The van der Waals surface area contributed by atoms with Crippen molar-refractivity contribution in [1.29, 1.82) is 0 Å². The fraction of sp³-hybridized carbons (Fsp3) is 0.615. The van der Waals surface area contributed by atoms with Crippen molar-refractivity contribution in [1.82, 2.24) is 9.97 Å². The van der Waals surface area contributed by atoms with Gasteiger partial charge in [-0.3, -0.25) is 0 Å². The van der Waals surface area contributed by atoms with E-state index in [1.54, 1.807) is 12.3 Å². The predicted molar refractivity (Wildman–Crippen MR) is 75.6 cm³/mol. The average molecular weight is 262 g/mol. The van der Waals surface area contributed by atoms with Gasteiger partial charge in [0.05, 0.1) is 0 Å². The summed E-state index contributed by atoms with van der Waals surface area (Å²) in [5.41, 5.74) is 6.31. The van der Waals surface area contributed by atoms with Crippen molar-refractivity contribution in [3.05, 3.63) is 18.0 Å². The standard InChI is InChI=1S/C13H18N4S/c14-12(18)10-5-7-15-13(16-10)17-8-6-9-3-1-2-4-11(9)17/h5,7,9,11H,1-4,6,8H2,(H2,14,18). The van der Waals surface area contributed by atoms with Crippen molar-refractivity contribution >= 4 is 23.2 Å². The van der Waals surface area contributed by atoms with E-state index in [0.717, 1.165) is 18.4 Å². The van der Waals surface area contributed by atoms with Gasteiger partial charge in [0.2, 0.25) is 5.95 Å². The smallest absolute Gasteiger partial charge is 0.226 e. The molecule has 3 rings (SSSR count). The van der Waals surface area contributed by atoms with Gasteiger partial charge < -0.3 is 10.6 Å². The molecule has 2 fully saturated rings. The summed E-state index contributed by atoms with van der Waals surface area (Å²) in [6.07, 6.45) is 8.36. The Bertz CT molecular complexity index is 462. The first kappa shape index (κ1) is 11.8. The summed E-state index contributed by atoms with van der Waals surface area (Å²) in [4.78, 5) is 11.6. The highest BCUT2D eigenvalue weighted by Gasteiger charge is 2.36. The van der Waals surface area contributed by atoms with Crippen molar-refractivity contribution in [3.63, 3.8) is 0 Å². The van der Waals surface area contributed by atoms with Gasteiger partial charge in [-0.15, -0.1) is 0 Å². The quantitative estimate of drug-likeness (QED) is 0.825. The zero-order valence-electron chi connectivity index (χ0n) is 10.4. The molecule has 1 saturated heterocycles. The van der Waals surface area contributed by atoms with Gasteiger partial charge in [0.25, 0.3) is 0 Å². The molecule has 96 valence electrons. The van der Waals surface area contributed by atoms with Crippen LogP contribution in [-0.2, 0) is 0 Å². The minimum absolute atomic E-state index is 0.345. The molecule has 1 aromatic rings. The van der Waals surface area contributed by atoms with Crippen molar-refractivity contribution < 1.29 is 0 Å². The molecule has 1 aliphatic heterocycles. The molecule has 1 saturated carbocycles. The molecule has 2 heterocycles. The molecule has 2 aliphatic rings. The van der Waals surface area contributed by atoms with Crippen LogP contribution in [0.5, 0.6) is 0 Å². The average Bonchev–Trinajstić information content (AvgIpc) is 2.82. The third-order valence-electron chi connectivity index (χ3n) is 4.16. The van der Waals surface area contributed by atoms with E-state index in [9.17, 15) is 0 Å². The molecular weight excluding hydrogens is 244 g/mol. The van der Waals surface area contributed by atoms with Crippen molar-refractivity contribution in [2.45, 2.75) is 38.1 Å². The van der Waals surface area contributed by atoms with Crippen molar-refractivity contribution in [2.75, 3.05) is 11.4 Å². The van der Waals surface area contributed by atoms with Crippen LogP contribution in [0.1, 0.15) is 37.8 Å². The lowest BCUT2D eigenvalue weighted by Crippen LogP contribution is -2.36.